The summed E-state index contributed by atoms with van der Waals surface area (Å²) in [6.45, 7) is 0.561. The minimum atomic E-state index is -3.55. The lowest BCUT2D eigenvalue weighted by atomic mass is 10.5. The van der Waals surface area contributed by atoms with Crippen LogP contribution in [0, 0.1) is 0 Å². The molecule has 0 saturated carbocycles. The van der Waals surface area contributed by atoms with Gasteiger partial charge in [0.1, 0.15) is 5.82 Å². The zero-order valence-corrected chi connectivity index (χ0v) is 11.2. The average Bonchev–Trinajstić information content (AvgIpc) is 2.39. The van der Waals surface area contributed by atoms with E-state index >= 15 is 0 Å². The lowest BCUT2D eigenvalue weighted by Crippen LogP contribution is -2.41. The molecular weight excluding hydrogens is 276 g/mol. The molecule has 1 aliphatic heterocycles. The molecule has 100 valence electrons. The minimum absolute atomic E-state index is 0.137. The van der Waals surface area contributed by atoms with E-state index in [-0.39, 0.29) is 23.8 Å². The second-order valence-corrected chi connectivity index (χ2v) is 7.41. The van der Waals surface area contributed by atoms with Gasteiger partial charge < -0.3 is 5.43 Å². The Balaban J connectivity index is 2.27. The normalized spacial score (nSPS) is 18.7. The molecule has 0 unspecified atom stereocenters. The Hall–Kier alpha value is -1.03. The van der Waals surface area contributed by atoms with Gasteiger partial charge in [0.25, 0.3) is 0 Å². The summed E-state index contributed by atoms with van der Waals surface area (Å²) in [6.07, 6.45) is 1.38. The van der Waals surface area contributed by atoms with Gasteiger partial charge in [-0.25, -0.2) is 19.2 Å². The molecule has 1 aromatic heterocycles. The van der Waals surface area contributed by atoms with Crippen LogP contribution in [0.15, 0.2) is 23.2 Å². The van der Waals surface area contributed by atoms with Crippen molar-refractivity contribution >= 4 is 26.6 Å². The van der Waals surface area contributed by atoms with Gasteiger partial charge in [-0.3, -0.25) is 4.21 Å². The number of nitrogens with one attached hydrogen (secondary N) is 1. The topological polar surface area (TPSA) is 105 Å². The monoisotopic (exact) mass is 290 g/mol. The van der Waals surface area contributed by atoms with Crippen LogP contribution < -0.4 is 11.3 Å². The Morgan fingerprint density at radius 1 is 1.39 bits per heavy atom. The van der Waals surface area contributed by atoms with Gasteiger partial charge in [0.2, 0.25) is 10.0 Å². The number of nitrogens with two attached hydrogens (primary N) is 1. The highest BCUT2D eigenvalue weighted by Gasteiger charge is 2.28. The van der Waals surface area contributed by atoms with E-state index in [4.69, 9.17) is 5.84 Å². The molecule has 0 amide bonds. The lowest BCUT2D eigenvalue weighted by Gasteiger charge is -2.25. The number of hydrogen-bond donors (Lipinski definition) is 2. The number of pyridine rings is 1. The van der Waals surface area contributed by atoms with Crippen molar-refractivity contribution in [3.8, 4) is 0 Å². The first-order chi connectivity index (χ1) is 8.54. The summed E-state index contributed by atoms with van der Waals surface area (Å²) >= 11 is 0. The zero-order chi connectivity index (χ0) is 13.2. The van der Waals surface area contributed by atoms with E-state index in [9.17, 15) is 12.6 Å². The summed E-state index contributed by atoms with van der Waals surface area (Å²) in [6, 6.07) is 2.79. The Morgan fingerprint density at radius 2 is 2.06 bits per heavy atom. The van der Waals surface area contributed by atoms with Gasteiger partial charge >= 0.3 is 0 Å². The SMILES string of the molecule is NNc1cc(S(=O)(=O)N2CCS(=O)CC2)ccn1. The minimum Gasteiger partial charge on any atom is -0.308 e. The molecule has 1 saturated heterocycles. The molecular formula is C9H14N4O3S2. The number of rotatable bonds is 3. The van der Waals surface area contributed by atoms with Gasteiger partial charge in [-0.15, -0.1) is 0 Å². The third kappa shape index (κ3) is 2.69. The van der Waals surface area contributed by atoms with Gasteiger partial charge in [-0.05, 0) is 6.07 Å². The first-order valence-electron chi connectivity index (χ1n) is 5.32. The standard InChI is InChI=1S/C9H14N4O3S2/c10-12-9-7-8(1-2-11-9)18(15,16)13-3-5-17(14)6-4-13/h1-2,7H,3-6,10H2,(H,11,12). The average molecular weight is 290 g/mol. The predicted molar refractivity (Wildman–Crippen MR) is 68.7 cm³/mol. The lowest BCUT2D eigenvalue weighted by molar-refractivity contribution is 0.438. The molecule has 0 aliphatic carbocycles. The van der Waals surface area contributed by atoms with Crippen LogP contribution in [0.2, 0.25) is 0 Å². The molecule has 9 heteroatoms. The first kappa shape index (κ1) is 13.4. The van der Waals surface area contributed by atoms with E-state index in [0.29, 0.717) is 11.5 Å². The first-order valence-corrected chi connectivity index (χ1v) is 8.24. The highest BCUT2D eigenvalue weighted by atomic mass is 32.2. The van der Waals surface area contributed by atoms with E-state index < -0.39 is 20.8 Å². The van der Waals surface area contributed by atoms with Crippen LogP contribution in [0.25, 0.3) is 0 Å². The van der Waals surface area contributed by atoms with Crippen molar-refractivity contribution in [2.75, 3.05) is 30.0 Å². The van der Waals surface area contributed by atoms with Crippen LogP contribution in [0.4, 0.5) is 5.82 Å². The molecule has 0 spiro atoms. The van der Waals surface area contributed by atoms with Crippen molar-refractivity contribution in [3.63, 3.8) is 0 Å². The summed E-state index contributed by atoms with van der Waals surface area (Å²) in [4.78, 5) is 4.00. The fourth-order valence-electron chi connectivity index (χ4n) is 1.66. The predicted octanol–water partition coefficient (Wildman–Crippen LogP) is -0.880. The molecule has 0 bridgehead atoms. The highest BCUT2D eigenvalue weighted by Crippen LogP contribution is 2.18. The van der Waals surface area contributed by atoms with E-state index in [2.05, 4.69) is 10.4 Å². The number of anilines is 1. The maximum absolute atomic E-state index is 12.3. The molecule has 1 fully saturated rings. The number of sulfonamides is 1. The number of nitrogens with zero attached hydrogens (tertiary/aromatic N) is 2. The second kappa shape index (κ2) is 5.31. The van der Waals surface area contributed by atoms with Crippen molar-refractivity contribution in [3.05, 3.63) is 18.3 Å². The number of hydrogen-bond acceptors (Lipinski definition) is 6. The molecule has 2 heterocycles. The molecule has 0 radical (unpaired) electrons. The number of nitrogen functional groups attached to an aromatic ring is 1. The fourth-order valence-corrected chi connectivity index (χ4v) is 4.40. The smallest absolute Gasteiger partial charge is 0.243 e. The summed E-state index contributed by atoms with van der Waals surface area (Å²) < 4.78 is 37.1. The maximum Gasteiger partial charge on any atom is 0.243 e. The second-order valence-electron chi connectivity index (χ2n) is 3.77. The van der Waals surface area contributed by atoms with Crippen molar-refractivity contribution in [1.29, 1.82) is 0 Å². The van der Waals surface area contributed by atoms with Crippen LogP contribution in [0.3, 0.4) is 0 Å². The van der Waals surface area contributed by atoms with Crippen LogP contribution in [-0.4, -0.2) is 46.5 Å². The van der Waals surface area contributed by atoms with E-state index in [0.717, 1.165) is 0 Å². The summed E-state index contributed by atoms with van der Waals surface area (Å²) in [5, 5.41) is 0. The summed E-state index contributed by atoms with van der Waals surface area (Å²) in [7, 11) is -4.46. The number of hydrazine groups is 1. The largest absolute Gasteiger partial charge is 0.308 e. The Bertz CT molecular complexity index is 551. The molecule has 1 aliphatic rings. The summed E-state index contributed by atoms with van der Waals surface area (Å²) in [5.74, 6) is 6.25. The van der Waals surface area contributed by atoms with Gasteiger partial charge in [-0.1, -0.05) is 0 Å². The maximum atomic E-state index is 12.3. The van der Waals surface area contributed by atoms with E-state index in [1.807, 2.05) is 0 Å². The van der Waals surface area contributed by atoms with Crippen LogP contribution in [-0.2, 0) is 20.8 Å². The number of aromatic nitrogens is 1. The van der Waals surface area contributed by atoms with Gasteiger partial charge in [-0.2, -0.15) is 4.31 Å². The molecule has 3 N–H and O–H groups in total. The Morgan fingerprint density at radius 3 is 2.67 bits per heavy atom. The third-order valence-corrected chi connectivity index (χ3v) is 5.82. The van der Waals surface area contributed by atoms with Crippen LogP contribution >= 0.6 is 0 Å². The summed E-state index contributed by atoms with van der Waals surface area (Å²) in [5.41, 5.74) is 2.31. The van der Waals surface area contributed by atoms with Gasteiger partial charge in [0, 0.05) is 47.7 Å². The quantitative estimate of drug-likeness (QED) is 0.553. The third-order valence-electron chi connectivity index (χ3n) is 2.65. The van der Waals surface area contributed by atoms with Crippen molar-refractivity contribution in [2.24, 2.45) is 5.84 Å². The zero-order valence-electron chi connectivity index (χ0n) is 9.57. The van der Waals surface area contributed by atoms with Crippen molar-refractivity contribution in [1.82, 2.24) is 9.29 Å². The van der Waals surface area contributed by atoms with Gasteiger partial charge in [0.15, 0.2) is 0 Å². The molecule has 18 heavy (non-hydrogen) atoms. The molecule has 7 nitrogen and oxygen atoms in total. The van der Waals surface area contributed by atoms with E-state index in [1.54, 1.807) is 0 Å². The van der Waals surface area contributed by atoms with Gasteiger partial charge in [0.05, 0.1) is 4.90 Å². The molecule has 0 atom stereocenters. The van der Waals surface area contributed by atoms with Crippen LogP contribution in [0.5, 0.6) is 0 Å². The highest BCUT2D eigenvalue weighted by molar-refractivity contribution is 7.89. The van der Waals surface area contributed by atoms with E-state index in [1.165, 1.54) is 22.6 Å². The molecule has 2 rings (SSSR count). The molecule has 0 aromatic carbocycles. The van der Waals surface area contributed by atoms with Crippen molar-refractivity contribution in [2.45, 2.75) is 4.90 Å². The van der Waals surface area contributed by atoms with Crippen molar-refractivity contribution < 1.29 is 12.6 Å². The Kier molecular flexibility index (Phi) is 3.95. The fraction of sp³-hybridized carbons (Fsp3) is 0.444. The van der Waals surface area contributed by atoms with Crippen LogP contribution in [0.1, 0.15) is 0 Å². The Labute approximate surface area is 108 Å². The molecule has 1 aromatic rings.